The first kappa shape index (κ1) is 29.3. The monoisotopic (exact) mass is 621 g/mol. The largest absolute Gasteiger partial charge is 0.469 e. The van der Waals surface area contributed by atoms with Crippen LogP contribution in [0.5, 0.6) is 11.6 Å². The molecule has 2 aliphatic heterocycles. The number of benzene rings is 1. The minimum absolute atomic E-state index is 0.144. The molecule has 0 atom stereocenters. The lowest BCUT2D eigenvalue weighted by atomic mass is 9.93. The predicted octanol–water partition coefficient (Wildman–Crippen LogP) is 5.94. The molecule has 0 saturated carbocycles. The van der Waals surface area contributed by atoms with Crippen molar-refractivity contribution in [2.45, 2.75) is 45.8 Å². The first-order valence-electron chi connectivity index (χ1n) is 14.4. The number of anilines is 1. The van der Waals surface area contributed by atoms with Crippen LogP contribution in [0.15, 0.2) is 48.9 Å². The average Bonchev–Trinajstić information content (AvgIpc) is 3.37. The van der Waals surface area contributed by atoms with E-state index in [0.717, 1.165) is 61.7 Å². The van der Waals surface area contributed by atoms with Gasteiger partial charge < -0.3 is 18.9 Å². The number of pyridine rings is 1. The van der Waals surface area contributed by atoms with Crippen molar-refractivity contribution in [3.05, 3.63) is 76.0 Å². The number of aromatic nitrogens is 5. The third-order valence-electron chi connectivity index (χ3n) is 8.00. The van der Waals surface area contributed by atoms with Gasteiger partial charge in [0.15, 0.2) is 5.75 Å². The van der Waals surface area contributed by atoms with Crippen LogP contribution in [0.2, 0.25) is 10.0 Å². The fourth-order valence-electron chi connectivity index (χ4n) is 5.71. The highest BCUT2D eigenvalue weighted by atomic mass is 35.5. The summed E-state index contributed by atoms with van der Waals surface area (Å²) in [7, 11) is 1.44. The van der Waals surface area contributed by atoms with Crippen LogP contribution < -0.4 is 9.64 Å². The van der Waals surface area contributed by atoms with Gasteiger partial charge in [-0.1, -0.05) is 23.2 Å². The van der Waals surface area contributed by atoms with Gasteiger partial charge >= 0.3 is 5.97 Å². The molecule has 1 fully saturated rings. The highest BCUT2D eigenvalue weighted by Gasteiger charge is 2.23. The van der Waals surface area contributed by atoms with Gasteiger partial charge in [0.2, 0.25) is 11.8 Å². The van der Waals surface area contributed by atoms with Crippen molar-refractivity contribution in [1.29, 1.82) is 0 Å². The number of methoxy groups -OCH3 is 1. The van der Waals surface area contributed by atoms with Gasteiger partial charge in [-0.25, -0.2) is 19.9 Å². The second-order valence-electron chi connectivity index (χ2n) is 11.1. The number of rotatable bonds is 8. The van der Waals surface area contributed by atoms with Crippen molar-refractivity contribution in [3.63, 3.8) is 0 Å². The molecule has 0 aliphatic carbocycles. The summed E-state index contributed by atoms with van der Waals surface area (Å²) in [5.74, 6) is 2.76. The number of esters is 1. The van der Waals surface area contributed by atoms with E-state index >= 15 is 0 Å². The van der Waals surface area contributed by atoms with Gasteiger partial charge in [-0.2, -0.15) is 0 Å². The Bertz CT molecular complexity index is 1580. The molecule has 4 aromatic rings. The lowest BCUT2D eigenvalue weighted by molar-refractivity contribution is -0.142. The number of piperidine rings is 1. The van der Waals surface area contributed by atoms with Crippen molar-refractivity contribution < 1.29 is 14.3 Å². The maximum atomic E-state index is 11.7. The number of fused-ring (bicyclic) bond motifs is 1. The number of hydrogen-bond donors (Lipinski definition) is 0. The Morgan fingerprint density at radius 3 is 2.42 bits per heavy atom. The lowest BCUT2D eigenvalue weighted by Gasteiger charge is -2.31. The molecule has 12 heteroatoms. The SMILES string of the molecule is COC(=O)CC1CCN(Cc2cc(Oc3cnc(N4CCn5c(C)cnc5C4)nc3)nc(-c3cc(Cl)cc(Cl)c3)c2)CC1. The van der Waals surface area contributed by atoms with Crippen molar-refractivity contribution >= 4 is 35.1 Å². The van der Waals surface area contributed by atoms with E-state index in [0.29, 0.717) is 58.7 Å². The van der Waals surface area contributed by atoms with Gasteiger partial charge in [0.25, 0.3) is 0 Å². The van der Waals surface area contributed by atoms with Gasteiger partial charge in [-0.15, -0.1) is 0 Å². The Balaban J connectivity index is 1.19. The number of likely N-dealkylation sites (tertiary alicyclic amines) is 1. The first-order valence-corrected chi connectivity index (χ1v) is 15.1. The molecule has 0 amide bonds. The maximum absolute atomic E-state index is 11.7. The number of ether oxygens (including phenoxy) is 2. The third-order valence-corrected chi connectivity index (χ3v) is 8.44. The van der Waals surface area contributed by atoms with Crippen LogP contribution >= 0.6 is 23.2 Å². The third kappa shape index (κ3) is 7.09. The second kappa shape index (κ2) is 12.9. The van der Waals surface area contributed by atoms with Gasteiger partial charge in [0.1, 0.15) is 5.82 Å². The van der Waals surface area contributed by atoms with Crippen LogP contribution in [0.3, 0.4) is 0 Å². The Labute approximate surface area is 260 Å². The number of nitrogens with zero attached hydrogens (tertiary/aromatic N) is 7. The van der Waals surface area contributed by atoms with Crippen LogP contribution in [-0.2, 0) is 29.2 Å². The summed E-state index contributed by atoms with van der Waals surface area (Å²) in [6, 6.07) is 9.35. The minimum atomic E-state index is -0.144. The molecule has 224 valence electrons. The van der Waals surface area contributed by atoms with E-state index in [-0.39, 0.29) is 5.97 Å². The molecule has 0 bridgehead atoms. The zero-order valence-corrected chi connectivity index (χ0v) is 25.7. The second-order valence-corrected chi connectivity index (χ2v) is 11.9. The van der Waals surface area contributed by atoms with Crippen LogP contribution in [0.4, 0.5) is 5.95 Å². The minimum Gasteiger partial charge on any atom is -0.469 e. The van der Waals surface area contributed by atoms with Crippen molar-refractivity contribution in [1.82, 2.24) is 29.4 Å². The summed E-state index contributed by atoms with van der Waals surface area (Å²) >= 11 is 12.6. The number of hydrogen-bond acceptors (Lipinski definition) is 9. The molecule has 2 aliphatic rings. The van der Waals surface area contributed by atoms with Crippen LogP contribution in [-0.4, -0.2) is 62.1 Å². The molecule has 5 heterocycles. The first-order chi connectivity index (χ1) is 20.8. The fourth-order valence-corrected chi connectivity index (χ4v) is 6.23. The van der Waals surface area contributed by atoms with Crippen LogP contribution in [0.25, 0.3) is 11.3 Å². The molecular weight excluding hydrogens is 589 g/mol. The zero-order valence-electron chi connectivity index (χ0n) is 24.2. The van der Waals surface area contributed by atoms with E-state index in [1.807, 2.05) is 30.5 Å². The highest BCUT2D eigenvalue weighted by Crippen LogP contribution is 2.31. The van der Waals surface area contributed by atoms with E-state index in [1.165, 1.54) is 7.11 Å². The molecule has 0 spiro atoms. The Morgan fingerprint density at radius 2 is 1.70 bits per heavy atom. The number of carbonyl (C=O) groups is 1. The number of halogens is 2. The molecular formula is C31H33Cl2N7O3. The molecule has 0 N–H and O–H groups in total. The molecule has 1 saturated heterocycles. The number of carbonyl (C=O) groups excluding carboxylic acids is 1. The molecule has 43 heavy (non-hydrogen) atoms. The van der Waals surface area contributed by atoms with E-state index in [1.54, 1.807) is 18.5 Å². The lowest BCUT2D eigenvalue weighted by Crippen LogP contribution is -2.35. The van der Waals surface area contributed by atoms with Crippen molar-refractivity contribution in [3.8, 4) is 22.9 Å². The summed E-state index contributed by atoms with van der Waals surface area (Å²) in [5, 5.41) is 1.06. The quantitative estimate of drug-likeness (QED) is 0.221. The van der Waals surface area contributed by atoms with E-state index in [2.05, 4.69) is 36.2 Å². The molecule has 0 radical (unpaired) electrons. The van der Waals surface area contributed by atoms with E-state index in [9.17, 15) is 4.79 Å². The summed E-state index contributed by atoms with van der Waals surface area (Å²) in [6.07, 6.45) is 7.61. The highest BCUT2D eigenvalue weighted by molar-refractivity contribution is 6.35. The van der Waals surface area contributed by atoms with Crippen molar-refractivity contribution in [2.24, 2.45) is 5.92 Å². The average molecular weight is 623 g/mol. The zero-order chi connectivity index (χ0) is 29.9. The molecule has 3 aromatic heterocycles. The van der Waals surface area contributed by atoms with E-state index in [4.69, 9.17) is 37.7 Å². The number of aryl methyl sites for hydroxylation is 1. The Kier molecular flexibility index (Phi) is 8.78. The summed E-state index contributed by atoms with van der Waals surface area (Å²) in [4.78, 5) is 34.7. The standard InChI is InChI=1S/C31H33Cl2N7O3/c1-20-15-34-28-19-39(7-8-40(20)28)31-35-16-26(17-36-31)43-29-10-22(9-27(37-29)23-12-24(32)14-25(33)13-23)18-38-5-3-21(4-6-38)11-30(41)42-2/h9-10,12-17,21H,3-8,11,18-19H2,1-2H3. The summed E-state index contributed by atoms with van der Waals surface area (Å²) in [5.41, 5.74) is 3.70. The fraction of sp³-hybridized carbons (Fsp3) is 0.387. The summed E-state index contributed by atoms with van der Waals surface area (Å²) in [6.45, 7) is 6.88. The van der Waals surface area contributed by atoms with Crippen LogP contribution in [0, 0.1) is 12.8 Å². The van der Waals surface area contributed by atoms with Gasteiger partial charge in [-0.3, -0.25) is 9.69 Å². The van der Waals surface area contributed by atoms with Gasteiger partial charge in [-0.05, 0) is 68.6 Å². The van der Waals surface area contributed by atoms with Crippen LogP contribution in [0.1, 0.15) is 36.3 Å². The Morgan fingerprint density at radius 1 is 0.953 bits per heavy atom. The normalized spacial score (nSPS) is 15.8. The van der Waals surface area contributed by atoms with Crippen molar-refractivity contribution in [2.75, 3.05) is 31.6 Å². The summed E-state index contributed by atoms with van der Waals surface area (Å²) < 4.78 is 13.3. The molecule has 1 aromatic carbocycles. The smallest absolute Gasteiger partial charge is 0.305 e. The topological polar surface area (TPSA) is 98.5 Å². The molecule has 0 unspecified atom stereocenters. The predicted molar refractivity (Wildman–Crippen MR) is 164 cm³/mol. The Hall–Kier alpha value is -3.73. The molecule has 10 nitrogen and oxygen atoms in total. The van der Waals surface area contributed by atoms with Gasteiger partial charge in [0, 0.05) is 59.6 Å². The maximum Gasteiger partial charge on any atom is 0.305 e. The van der Waals surface area contributed by atoms with Gasteiger partial charge in [0.05, 0.1) is 31.7 Å². The molecule has 6 rings (SSSR count). The number of imidazole rings is 1. The van der Waals surface area contributed by atoms with E-state index < -0.39 is 0 Å².